The van der Waals surface area contributed by atoms with E-state index in [0.717, 1.165) is 23.5 Å². The Labute approximate surface area is 91.3 Å². The van der Waals surface area contributed by atoms with Crippen LogP contribution in [-0.2, 0) is 4.74 Å². The second kappa shape index (κ2) is 5.49. The number of hydrogen-bond donors (Lipinski definition) is 0. The molecule has 1 heterocycles. The molecule has 0 fully saturated rings. The number of allylic oxidation sites excluding steroid dienone is 2. The summed E-state index contributed by atoms with van der Waals surface area (Å²) >= 11 is 0. The van der Waals surface area contributed by atoms with Crippen molar-refractivity contribution in [2.75, 3.05) is 6.54 Å². The SMILES string of the molecule is C=C(CC(C)C)N=CC(C)=C1CN=CO1. The van der Waals surface area contributed by atoms with Gasteiger partial charge in [0, 0.05) is 17.5 Å². The minimum absolute atomic E-state index is 0.591. The summed E-state index contributed by atoms with van der Waals surface area (Å²) in [5, 5.41) is 0. The predicted octanol–water partition coefficient (Wildman–Crippen LogP) is 2.95. The second-order valence-electron chi connectivity index (χ2n) is 4.09. The number of rotatable bonds is 4. The van der Waals surface area contributed by atoms with Crippen molar-refractivity contribution < 1.29 is 4.74 Å². The van der Waals surface area contributed by atoms with Crippen molar-refractivity contribution in [1.82, 2.24) is 0 Å². The maximum Gasteiger partial charge on any atom is 0.176 e. The topological polar surface area (TPSA) is 34.0 Å². The molecule has 1 aliphatic rings. The van der Waals surface area contributed by atoms with Crippen molar-refractivity contribution in [3.05, 3.63) is 23.6 Å². The molecule has 0 N–H and O–H groups in total. The molecular formula is C12H18N2O. The maximum atomic E-state index is 5.20. The molecule has 0 saturated carbocycles. The van der Waals surface area contributed by atoms with E-state index in [9.17, 15) is 0 Å². The molecular weight excluding hydrogens is 188 g/mol. The van der Waals surface area contributed by atoms with Crippen molar-refractivity contribution in [2.24, 2.45) is 15.9 Å². The molecule has 3 heteroatoms. The van der Waals surface area contributed by atoms with E-state index < -0.39 is 0 Å². The lowest BCUT2D eigenvalue weighted by Crippen LogP contribution is -1.93. The highest BCUT2D eigenvalue weighted by Gasteiger charge is 2.05. The van der Waals surface area contributed by atoms with E-state index in [2.05, 4.69) is 30.4 Å². The van der Waals surface area contributed by atoms with Crippen LogP contribution < -0.4 is 0 Å². The molecule has 0 spiro atoms. The molecule has 1 aliphatic heterocycles. The normalized spacial score (nSPS) is 18.7. The Kier molecular flexibility index (Phi) is 4.28. The van der Waals surface area contributed by atoms with E-state index >= 15 is 0 Å². The Hall–Kier alpha value is -1.38. The van der Waals surface area contributed by atoms with Crippen molar-refractivity contribution >= 4 is 12.6 Å². The summed E-state index contributed by atoms with van der Waals surface area (Å²) < 4.78 is 5.20. The average Bonchev–Trinajstić information content (AvgIpc) is 2.65. The molecule has 15 heavy (non-hydrogen) atoms. The van der Waals surface area contributed by atoms with Gasteiger partial charge in [0.25, 0.3) is 0 Å². The fraction of sp³-hybridized carbons (Fsp3) is 0.500. The lowest BCUT2D eigenvalue weighted by atomic mass is 10.1. The smallest absolute Gasteiger partial charge is 0.176 e. The van der Waals surface area contributed by atoms with Gasteiger partial charge in [0.15, 0.2) is 6.40 Å². The fourth-order valence-electron chi connectivity index (χ4n) is 1.26. The van der Waals surface area contributed by atoms with Crippen molar-refractivity contribution in [3.63, 3.8) is 0 Å². The first kappa shape index (κ1) is 11.7. The van der Waals surface area contributed by atoms with Gasteiger partial charge in [-0.2, -0.15) is 0 Å². The molecule has 0 saturated heterocycles. The second-order valence-corrected chi connectivity index (χ2v) is 4.09. The third-order valence-corrected chi connectivity index (χ3v) is 2.03. The zero-order chi connectivity index (χ0) is 11.3. The van der Waals surface area contributed by atoms with Gasteiger partial charge in [-0.25, -0.2) is 0 Å². The number of hydrogen-bond acceptors (Lipinski definition) is 3. The Morgan fingerprint density at radius 2 is 2.47 bits per heavy atom. The lowest BCUT2D eigenvalue weighted by molar-refractivity contribution is 0.451. The summed E-state index contributed by atoms with van der Waals surface area (Å²) in [5.74, 6) is 1.46. The third kappa shape index (κ3) is 4.11. The van der Waals surface area contributed by atoms with Gasteiger partial charge in [0.05, 0.1) is 0 Å². The average molecular weight is 206 g/mol. The maximum absolute atomic E-state index is 5.20. The van der Waals surface area contributed by atoms with Crippen LogP contribution in [0, 0.1) is 5.92 Å². The van der Waals surface area contributed by atoms with Crippen LogP contribution in [0.2, 0.25) is 0 Å². The minimum atomic E-state index is 0.591. The van der Waals surface area contributed by atoms with Crippen LogP contribution in [-0.4, -0.2) is 19.2 Å². The summed E-state index contributed by atoms with van der Waals surface area (Å²) in [7, 11) is 0. The summed E-state index contributed by atoms with van der Waals surface area (Å²) in [6.07, 6.45) is 4.20. The highest BCUT2D eigenvalue weighted by molar-refractivity contribution is 5.80. The summed E-state index contributed by atoms with van der Waals surface area (Å²) in [6, 6.07) is 0. The fourth-order valence-corrected chi connectivity index (χ4v) is 1.26. The Morgan fingerprint density at radius 1 is 1.73 bits per heavy atom. The minimum Gasteiger partial charge on any atom is -0.448 e. The molecule has 0 aromatic heterocycles. The van der Waals surface area contributed by atoms with Crippen LogP contribution in [0.5, 0.6) is 0 Å². The highest BCUT2D eigenvalue weighted by Crippen LogP contribution is 2.12. The summed E-state index contributed by atoms with van der Waals surface area (Å²) in [4.78, 5) is 8.27. The standard InChI is InChI=1S/C12H18N2O/c1-9(2)5-11(4)14-6-10(3)12-7-13-8-15-12/h6,8-9H,4-5,7H2,1-3H3. The van der Waals surface area contributed by atoms with E-state index in [4.69, 9.17) is 4.74 Å². The third-order valence-electron chi connectivity index (χ3n) is 2.03. The van der Waals surface area contributed by atoms with Crippen molar-refractivity contribution in [3.8, 4) is 0 Å². The summed E-state index contributed by atoms with van der Waals surface area (Å²) in [6.45, 7) is 10.8. The largest absolute Gasteiger partial charge is 0.448 e. The van der Waals surface area contributed by atoms with Crippen LogP contribution in [0.15, 0.2) is 33.6 Å². The van der Waals surface area contributed by atoms with Gasteiger partial charge in [0.1, 0.15) is 12.3 Å². The molecule has 0 radical (unpaired) electrons. The Morgan fingerprint density at radius 3 is 3.00 bits per heavy atom. The number of aliphatic imine (C=N–C) groups is 2. The van der Waals surface area contributed by atoms with E-state index in [0.29, 0.717) is 12.5 Å². The number of ether oxygens (including phenoxy) is 1. The molecule has 0 bridgehead atoms. The van der Waals surface area contributed by atoms with Crippen molar-refractivity contribution in [1.29, 1.82) is 0 Å². The lowest BCUT2D eigenvalue weighted by Gasteiger charge is -2.03. The van der Waals surface area contributed by atoms with Crippen LogP contribution in [0.1, 0.15) is 27.2 Å². The number of nitrogens with zero attached hydrogens (tertiary/aromatic N) is 2. The molecule has 3 nitrogen and oxygen atoms in total. The van der Waals surface area contributed by atoms with Crippen LogP contribution in [0.25, 0.3) is 0 Å². The van der Waals surface area contributed by atoms with Crippen LogP contribution >= 0.6 is 0 Å². The zero-order valence-electron chi connectivity index (χ0n) is 9.66. The van der Waals surface area contributed by atoms with E-state index in [-0.39, 0.29) is 0 Å². The first-order chi connectivity index (χ1) is 7.09. The van der Waals surface area contributed by atoms with Crippen LogP contribution in [0.3, 0.4) is 0 Å². The zero-order valence-corrected chi connectivity index (χ0v) is 9.66. The molecule has 0 unspecified atom stereocenters. The Bertz CT molecular complexity index is 315. The van der Waals surface area contributed by atoms with Gasteiger partial charge < -0.3 is 4.74 Å². The van der Waals surface area contributed by atoms with E-state index in [1.54, 1.807) is 6.21 Å². The molecule has 0 aromatic carbocycles. The first-order valence-corrected chi connectivity index (χ1v) is 5.16. The molecule has 0 atom stereocenters. The first-order valence-electron chi connectivity index (χ1n) is 5.16. The highest BCUT2D eigenvalue weighted by atomic mass is 16.5. The van der Waals surface area contributed by atoms with E-state index in [1.807, 2.05) is 6.92 Å². The summed E-state index contributed by atoms with van der Waals surface area (Å²) in [5.41, 5.74) is 1.92. The van der Waals surface area contributed by atoms with Crippen molar-refractivity contribution in [2.45, 2.75) is 27.2 Å². The Balaban J connectivity index is 2.50. The van der Waals surface area contributed by atoms with Gasteiger partial charge >= 0.3 is 0 Å². The predicted molar refractivity (Wildman–Crippen MR) is 64.2 cm³/mol. The van der Waals surface area contributed by atoms with Crippen LogP contribution in [0.4, 0.5) is 0 Å². The molecule has 0 amide bonds. The van der Waals surface area contributed by atoms with Gasteiger partial charge in [-0.1, -0.05) is 20.4 Å². The molecule has 0 aromatic rings. The van der Waals surface area contributed by atoms with Gasteiger partial charge in [-0.15, -0.1) is 0 Å². The van der Waals surface area contributed by atoms with E-state index in [1.165, 1.54) is 6.40 Å². The van der Waals surface area contributed by atoms with Gasteiger partial charge in [0.2, 0.25) is 0 Å². The van der Waals surface area contributed by atoms with Gasteiger partial charge in [-0.3, -0.25) is 9.98 Å². The molecule has 82 valence electrons. The molecule has 0 aliphatic carbocycles. The quantitative estimate of drug-likeness (QED) is 0.651. The van der Waals surface area contributed by atoms with Gasteiger partial charge in [-0.05, 0) is 19.3 Å². The molecule has 1 rings (SSSR count). The monoisotopic (exact) mass is 206 g/mol.